The second-order valence-electron chi connectivity index (χ2n) is 14.7. The molecule has 20 heteroatoms. The normalized spacial score (nSPS) is 20.6. The van der Waals surface area contributed by atoms with Crippen LogP contribution in [-0.2, 0) is 21.4 Å². The van der Waals surface area contributed by atoms with Crippen LogP contribution in [0, 0.1) is 0 Å². The predicted molar refractivity (Wildman–Crippen MR) is 215 cm³/mol. The molecule has 2 aromatic heterocycles. The standard InChI is InChI=1S/C39H46N10O9S/c40-59(57,58)28-3-1-2-22(16-28)18-42-39(56)44-25-12-14-48(20-25)38-46-36(41-19-29(23-4-8-26(51)9-5-23)24-6-10-27(52)11-7-24)33-37(47-38)49(21-43-33)31-17-30(34(54)35(31)55)45-32(53)13-15-50/h1-11,16,21,25,29-31,34-35,50-52,54-55H,12-15,17-20H2,(H,45,53)(H2,40,57,58)(H,41,46,47)(H2,42,44,56)/t25-,30+,31-,34-,35+/m1/s1. The number of hydrogen-bond acceptors (Lipinski definition) is 14. The van der Waals surface area contributed by atoms with Crippen molar-refractivity contribution < 1.29 is 43.5 Å². The summed E-state index contributed by atoms with van der Waals surface area (Å²) in [7, 11) is -3.91. The number of amides is 3. The highest BCUT2D eigenvalue weighted by Gasteiger charge is 2.44. The van der Waals surface area contributed by atoms with Crippen LogP contribution in [0.1, 0.15) is 47.9 Å². The minimum Gasteiger partial charge on any atom is -0.508 e. The number of sulfonamides is 1. The van der Waals surface area contributed by atoms with Gasteiger partial charge in [-0.05, 0) is 65.9 Å². The van der Waals surface area contributed by atoms with E-state index in [0.29, 0.717) is 54.5 Å². The van der Waals surface area contributed by atoms with Gasteiger partial charge in [0.1, 0.15) is 23.7 Å². The Bertz CT molecular complexity index is 2350. The van der Waals surface area contributed by atoms with Gasteiger partial charge in [0.15, 0.2) is 17.0 Å². The maximum absolute atomic E-state index is 12.9. The molecule has 11 N–H and O–H groups in total. The number of nitrogens with one attached hydrogen (secondary N) is 4. The van der Waals surface area contributed by atoms with Crippen LogP contribution in [0.5, 0.6) is 11.5 Å². The zero-order valence-corrected chi connectivity index (χ0v) is 32.5. The molecule has 0 bridgehead atoms. The van der Waals surface area contributed by atoms with Crippen LogP contribution in [0.2, 0.25) is 0 Å². The van der Waals surface area contributed by atoms with Gasteiger partial charge < -0.3 is 56.3 Å². The van der Waals surface area contributed by atoms with Gasteiger partial charge in [-0.25, -0.2) is 23.3 Å². The number of urea groups is 1. The summed E-state index contributed by atoms with van der Waals surface area (Å²) in [6.45, 7) is 0.794. The van der Waals surface area contributed by atoms with Crippen molar-refractivity contribution >= 4 is 44.9 Å². The average Bonchev–Trinajstić information content (AvgIpc) is 3.93. The third-order valence-corrected chi connectivity index (χ3v) is 11.6. The van der Waals surface area contributed by atoms with Crippen molar-refractivity contribution in [1.82, 2.24) is 35.5 Å². The van der Waals surface area contributed by atoms with Crippen molar-refractivity contribution in [2.75, 3.05) is 36.5 Å². The number of aromatic hydroxyl groups is 2. The first-order valence-electron chi connectivity index (χ1n) is 19.0. The topological polar surface area (TPSA) is 290 Å². The fourth-order valence-corrected chi connectivity index (χ4v) is 8.15. The summed E-state index contributed by atoms with van der Waals surface area (Å²) in [4.78, 5) is 41.5. The van der Waals surface area contributed by atoms with E-state index in [0.717, 1.165) is 11.1 Å². The van der Waals surface area contributed by atoms with Crippen molar-refractivity contribution in [3.63, 3.8) is 0 Å². The van der Waals surface area contributed by atoms with E-state index >= 15 is 0 Å². The van der Waals surface area contributed by atoms with Crippen molar-refractivity contribution in [3.8, 4) is 11.5 Å². The maximum Gasteiger partial charge on any atom is 0.315 e. The number of fused-ring (bicyclic) bond motifs is 1. The van der Waals surface area contributed by atoms with Gasteiger partial charge >= 0.3 is 6.03 Å². The molecule has 312 valence electrons. The van der Waals surface area contributed by atoms with E-state index in [9.17, 15) is 43.5 Å². The molecule has 2 fully saturated rings. The summed E-state index contributed by atoms with van der Waals surface area (Å²) in [6, 6.07) is 17.3. The molecule has 2 aliphatic rings. The third-order valence-electron chi connectivity index (χ3n) is 10.7. The molecule has 0 spiro atoms. The molecule has 3 heterocycles. The van der Waals surface area contributed by atoms with Crippen LogP contribution in [0.15, 0.2) is 84.0 Å². The largest absolute Gasteiger partial charge is 0.508 e. The van der Waals surface area contributed by atoms with E-state index in [1.54, 1.807) is 41.0 Å². The highest BCUT2D eigenvalue weighted by Crippen LogP contribution is 2.36. The Labute approximate surface area is 339 Å². The maximum atomic E-state index is 12.9. The number of benzene rings is 3. The number of carbonyl (C=O) groups excluding carboxylic acids is 2. The first-order valence-corrected chi connectivity index (χ1v) is 20.6. The fourth-order valence-electron chi connectivity index (χ4n) is 7.57. The minimum absolute atomic E-state index is 0.0599. The highest BCUT2D eigenvalue weighted by molar-refractivity contribution is 7.89. The van der Waals surface area contributed by atoms with Gasteiger partial charge in [0.25, 0.3) is 0 Å². The lowest BCUT2D eigenvalue weighted by Gasteiger charge is -2.22. The number of hydrogen-bond donors (Lipinski definition) is 10. The summed E-state index contributed by atoms with van der Waals surface area (Å²) >= 11 is 0. The lowest BCUT2D eigenvalue weighted by Crippen LogP contribution is -2.43. The number of imidazole rings is 1. The zero-order chi connectivity index (χ0) is 41.8. The number of phenolic OH excluding ortho intramolecular Hbond substituents is 2. The average molecular weight is 831 g/mol. The lowest BCUT2D eigenvalue weighted by atomic mass is 9.91. The molecule has 5 atom stereocenters. The Morgan fingerprint density at radius 2 is 1.63 bits per heavy atom. The van der Waals surface area contributed by atoms with E-state index in [2.05, 4.69) is 26.3 Å². The summed E-state index contributed by atoms with van der Waals surface area (Å²) in [5.41, 5.74) is 3.02. The van der Waals surface area contributed by atoms with Crippen LogP contribution in [0.3, 0.4) is 0 Å². The molecule has 59 heavy (non-hydrogen) atoms. The zero-order valence-electron chi connectivity index (χ0n) is 31.7. The molecule has 3 amide bonds. The fraction of sp³-hybridized carbons (Fsp3) is 0.359. The van der Waals surface area contributed by atoms with Gasteiger partial charge in [0.05, 0.1) is 29.9 Å². The second kappa shape index (κ2) is 17.4. The number of aromatic nitrogens is 4. The highest BCUT2D eigenvalue weighted by atomic mass is 32.2. The molecule has 5 aromatic rings. The van der Waals surface area contributed by atoms with Crippen LogP contribution in [0.4, 0.5) is 16.6 Å². The Morgan fingerprint density at radius 1 is 0.932 bits per heavy atom. The van der Waals surface area contributed by atoms with E-state index in [4.69, 9.17) is 15.1 Å². The van der Waals surface area contributed by atoms with Crippen molar-refractivity contribution in [2.24, 2.45) is 5.14 Å². The SMILES string of the molecule is NS(=O)(=O)c1cccc(CNC(=O)N[C@@H]2CCN(c3nc(NCC(c4ccc(O)cc4)c4ccc(O)cc4)c4ncn([C@@H]5C[C@H](NC(=O)CCO)[C@@H](O)[C@H]5O)c4n3)C2)c1. The number of aliphatic hydroxyl groups is 3. The summed E-state index contributed by atoms with van der Waals surface area (Å²) in [5, 5.41) is 68.4. The molecule has 3 aromatic carbocycles. The molecule has 0 unspecified atom stereocenters. The molecular weight excluding hydrogens is 785 g/mol. The molecule has 0 radical (unpaired) electrons. The molecular formula is C39H46N10O9S. The van der Waals surface area contributed by atoms with E-state index in [-0.39, 0.29) is 54.3 Å². The Hall–Kier alpha value is -6.06. The molecule has 1 aliphatic carbocycles. The molecule has 1 saturated carbocycles. The predicted octanol–water partition coefficient (Wildman–Crippen LogP) is 0.741. The second-order valence-corrected chi connectivity index (χ2v) is 16.3. The Balaban J connectivity index is 1.15. The van der Waals surface area contributed by atoms with Gasteiger partial charge in [0.2, 0.25) is 21.9 Å². The molecule has 7 rings (SSSR count). The number of primary sulfonamides is 1. The third kappa shape index (κ3) is 9.47. The van der Waals surface area contributed by atoms with E-state index in [1.807, 2.05) is 29.2 Å². The van der Waals surface area contributed by atoms with Crippen molar-refractivity contribution in [3.05, 3.63) is 95.8 Å². The van der Waals surface area contributed by atoms with Gasteiger partial charge in [-0.2, -0.15) is 9.97 Å². The molecule has 19 nitrogen and oxygen atoms in total. The molecule has 1 aliphatic heterocycles. The van der Waals surface area contributed by atoms with E-state index in [1.165, 1.54) is 18.5 Å². The Morgan fingerprint density at radius 3 is 2.29 bits per heavy atom. The summed E-state index contributed by atoms with van der Waals surface area (Å²) < 4.78 is 25.2. The van der Waals surface area contributed by atoms with E-state index < -0.39 is 46.3 Å². The number of anilines is 2. The first kappa shape index (κ1) is 41.1. The van der Waals surface area contributed by atoms with Gasteiger partial charge in [0, 0.05) is 44.6 Å². The van der Waals surface area contributed by atoms with Gasteiger partial charge in [-0.15, -0.1) is 0 Å². The Kier molecular flexibility index (Phi) is 12.1. The number of rotatable bonds is 14. The number of phenols is 2. The lowest BCUT2D eigenvalue weighted by molar-refractivity contribution is -0.123. The van der Waals surface area contributed by atoms with Gasteiger partial charge in [-0.3, -0.25) is 4.79 Å². The number of nitrogens with two attached hydrogens (primary N) is 1. The van der Waals surface area contributed by atoms with Crippen LogP contribution in [-0.4, -0.2) is 116 Å². The number of nitrogens with zero attached hydrogens (tertiary/aromatic N) is 5. The first-order chi connectivity index (χ1) is 28.3. The van der Waals surface area contributed by atoms with Crippen LogP contribution < -0.4 is 31.3 Å². The quantitative estimate of drug-likeness (QED) is 0.0739. The monoisotopic (exact) mass is 830 g/mol. The minimum atomic E-state index is -3.91. The number of aliphatic hydroxyl groups excluding tert-OH is 3. The molecule has 1 saturated heterocycles. The van der Waals surface area contributed by atoms with Crippen LogP contribution in [0.25, 0.3) is 11.2 Å². The number of carbonyl (C=O) groups is 2. The van der Waals surface area contributed by atoms with Gasteiger partial charge in [-0.1, -0.05) is 36.4 Å². The van der Waals surface area contributed by atoms with Crippen LogP contribution >= 0.6 is 0 Å². The van der Waals surface area contributed by atoms with Crippen molar-refractivity contribution in [1.29, 1.82) is 0 Å². The van der Waals surface area contributed by atoms with Crippen molar-refractivity contribution in [2.45, 2.75) is 67.0 Å². The smallest absolute Gasteiger partial charge is 0.315 e. The summed E-state index contributed by atoms with van der Waals surface area (Å²) in [5.74, 6) is 0.150. The summed E-state index contributed by atoms with van der Waals surface area (Å²) in [6.07, 6.45) is -0.554.